The molecule has 1 aliphatic carbocycles. The first kappa shape index (κ1) is 22.7. The third-order valence-corrected chi connectivity index (χ3v) is 5.88. The number of rotatable bonds is 7. The van der Waals surface area contributed by atoms with Crippen LogP contribution in [0.5, 0.6) is 5.75 Å². The molecule has 1 aliphatic rings. The van der Waals surface area contributed by atoms with Gasteiger partial charge in [0.2, 0.25) is 0 Å². The zero-order valence-electron chi connectivity index (χ0n) is 19.1. The maximum atomic E-state index is 13.3. The average Bonchev–Trinajstić information content (AvgIpc) is 2.85. The summed E-state index contributed by atoms with van der Waals surface area (Å²) >= 11 is 0. The quantitative estimate of drug-likeness (QED) is 0.389. The van der Waals surface area contributed by atoms with Crippen LogP contribution in [-0.4, -0.2) is 34.6 Å². The van der Waals surface area contributed by atoms with E-state index >= 15 is 0 Å². The zero-order valence-corrected chi connectivity index (χ0v) is 19.1. The molecule has 2 aromatic carbocycles. The van der Waals surface area contributed by atoms with E-state index in [0.717, 1.165) is 37.1 Å². The van der Waals surface area contributed by atoms with Gasteiger partial charge in [-0.2, -0.15) is 9.78 Å². The fourth-order valence-corrected chi connectivity index (χ4v) is 4.15. The van der Waals surface area contributed by atoms with Crippen LogP contribution in [0.15, 0.2) is 58.4 Å². The first-order chi connectivity index (χ1) is 16.1. The minimum Gasteiger partial charge on any atom is -0.479 e. The number of benzene rings is 2. The zero-order chi connectivity index (χ0) is 23.2. The van der Waals surface area contributed by atoms with Crippen LogP contribution < -0.4 is 10.3 Å². The fourth-order valence-electron chi connectivity index (χ4n) is 4.15. The van der Waals surface area contributed by atoms with E-state index in [1.165, 1.54) is 11.1 Å². The molecule has 0 amide bonds. The molecule has 1 saturated carbocycles. The predicted octanol–water partition coefficient (Wildman–Crippen LogP) is 4.66. The van der Waals surface area contributed by atoms with Gasteiger partial charge in [-0.05, 0) is 68.7 Å². The summed E-state index contributed by atoms with van der Waals surface area (Å²) < 4.78 is 12.1. The number of hydrogen-bond donors (Lipinski definition) is 0. The van der Waals surface area contributed by atoms with Gasteiger partial charge in [0.1, 0.15) is 11.6 Å². The molecule has 1 atom stereocenters. The number of aromatic nitrogens is 2. The molecular weight excluding hydrogens is 418 g/mol. The van der Waals surface area contributed by atoms with E-state index in [9.17, 15) is 9.59 Å². The van der Waals surface area contributed by atoms with E-state index in [1.54, 1.807) is 38.3 Å². The van der Waals surface area contributed by atoms with E-state index in [4.69, 9.17) is 14.5 Å². The molecule has 7 heteroatoms. The SMILES string of the molecule is CCOC(=O)[C@@H](C)Oc1ccc(C=Nn2c(C3CCCCC3)nc3ccccc3c2=O)cc1. The van der Waals surface area contributed by atoms with Gasteiger partial charge < -0.3 is 9.47 Å². The van der Waals surface area contributed by atoms with Crippen LogP contribution in [0.4, 0.5) is 0 Å². The molecule has 0 unspecified atom stereocenters. The third kappa shape index (κ3) is 5.30. The van der Waals surface area contributed by atoms with E-state index in [1.807, 2.05) is 30.3 Å². The Kier molecular flexibility index (Phi) is 7.17. The van der Waals surface area contributed by atoms with E-state index in [2.05, 4.69) is 5.10 Å². The summed E-state index contributed by atoms with van der Waals surface area (Å²) in [6.45, 7) is 3.72. The summed E-state index contributed by atoms with van der Waals surface area (Å²) in [6, 6.07) is 14.6. The highest BCUT2D eigenvalue weighted by Crippen LogP contribution is 2.31. The number of fused-ring (bicyclic) bond motifs is 1. The molecule has 172 valence electrons. The van der Waals surface area contributed by atoms with Gasteiger partial charge in [-0.3, -0.25) is 4.79 Å². The van der Waals surface area contributed by atoms with E-state index < -0.39 is 12.1 Å². The molecule has 3 aromatic rings. The Labute approximate surface area is 193 Å². The Morgan fingerprint density at radius 2 is 1.88 bits per heavy atom. The normalized spacial score (nSPS) is 15.6. The minimum absolute atomic E-state index is 0.152. The molecule has 7 nitrogen and oxygen atoms in total. The van der Waals surface area contributed by atoms with Crippen molar-refractivity contribution >= 4 is 23.1 Å². The van der Waals surface area contributed by atoms with Gasteiger partial charge in [-0.15, -0.1) is 0 Å². The maximum absolute atomic E-state index is 13.3. The molecule has 0 radical (unpaired) electrons. The van der Waals surface area contributed by atoms with Crippen LogP contribution in [0.1, 0.15) is 63.3 Å². The molecule has 33 heavy (non-hydrogen) atoms. The Bertz CT molecular complexity index is 1190. The summed E-state index contributed by atoms with van der Waals surface area (Å²) in [5, 5.41) is 5.11. The van der Waals surface area contributed by atoms with Gasteiger partial charge in [-0.1, -0.05) is 31.4 Å². The number of nitrogens with zero attached hydrogens (tertiary/aromatic N) is 3. The van der Waals surface area contributed by atoms with Crippen molar-refractivity contribution in [3.8, 4) is 5.75 Å². The topological polar surface area (TPSA) is 82.8 Å². The van der Waals surface area contributed by atoms with Gasteiger partial charge in [0, 0.05) is 5.92 Å². The molecule has 1 heterocycles. The van der Waals surface area contributed by atoms with E-state index in [0.29, 0.717) is 23.3 Å². The van der Waals surface area contributed by atoms with Crippen molar-refractivity contribution in [3.05, 3.63) is 70.3 Å². The fraction of sp³-hybridized carbons (Fsp3) is 0.385. The van der Waals surface area contributed by atoms with Gasteiger partial charge in [0.25, 0.3) is 5.56 Å². The summed E-state index contributed by atoms with van der Waals surface area (Å²) in [5.74, 6) is 1.12. The van der Waals surface area contributed by atoms with Gasteiger partial charge in [0.15, 0.2) is 6.10 Å². The number of ether oxygens (including phenoxy) is 2. The standard InChI is InChI=1S/C26H29N3O4/c1-3-32-26(31)18(2)33-21-15-13-19(14-16-21)17-27-29-24(20-9-5-4-6-10-20)28-23-12-8-7-11-22(23)25(29)30/h7-8,11-18,20H,3-6,9-10H2,1-2H3/t18-/m1/s1. The Morgan fingerprint density at radius 3 is 2.61 bits per heavy atom. The number of hydrogen-bond acceptors (Lipinski definition) is 6. The summed E-state index contributed by atoms with van der Waals surface area (Å²) in [6.07, 6.45) is 6.51. The second kappa shape index (κ2) is 10.4. The van der Waals surface area contributed by atoms with Crippen LogP contribution >= 0.6 is 0 Å². The van der Waals surface area contributed by atoms with Gasteiger partial charge in [-0.25, -0.2) is 9.78 Å². The largest absolute Gasteiger partial charge is 0.479 e. The van der Waals surface area contributed by atoms with Crippen molar-refractivity contribution in [2.45, 2.75) is 58.0 Å². The van der Waals surface area contributed by atoms with Gasteiger partial charge >= 0.3 is 5.97 Å². The van der Waals surface area contributed by atoms with Crippen molar-refractivity contribution in [1.82, 2.24) is 9.66 Å². The predicted molar refractivity (Wildman–Crippen MR) is 128 cm³/mol. The van der Waals surface area contributed by atoms with Crippen LogP contribution in [0, 0.1) is 0 Å². The lowest BCUT2D eigenvalue weighted by atomic mass is 9.88. The highest BCUT2D eigenvalue weighted by atomic mass is 16.6. The van der Waals surface area contributed by atoms with Crippen molar-refractivity contribution in [3.63, 3.8) is 0 Å². The summed E-state index contributed by atoms with van der Waals surface area (Å²) in [5.41, 5.74) is 1.37. The average molecular weight is 448 g/mol. The molecule has 1 aromatic heterocycles. The number of carbonyl (C=O) groups is 1. The summed E-state index contributed by atoms with van der Waals surface area (Å²) in [4.78, 5) is 29.8. The second-order valence-electron chi connectivity index (χ2n) is 8.26. The molecule has 0 N–H and O–H groups in total. The van der Waals surface area contributed by atoms with Crippen LogP contribution in [0.3, 0.4) is 0 Å². The minimum atomic E-state index is -0.690. The Hall–Kier alpha value is -3.48. The third-order valence-electron chi connectivity index (χ3n) is 5.88. The molecule has 1 fully saturated rings. The highest BCUT2D eigenvalue weighted by molar-refractivity contribution is 5.81. The van der Waals surface area contributed by atoms with Crippen LogP contribution in [0.2, 0.25) is 0 Å². The summed E-state index contributed by atoms with van der Waals surface area (Å²) in [7, 11) is 0. The lowest BCUT2D eigenvalue weighted by Gasteiger charge is -2.22. The molecule has 0 aliphatic heterocycles. The van der Waals surface area contributed by atoms with Crippen molar-refractivity contribution in [2.75, 3.05) is 6.61 Å². The molecule has 0 spiro atoms. The highest BCUT2D eigenvalue weighted by Gasteiger charge is 2.22. The lowest BCUT2D eigenvalue weighted by Crippen LogP contribution is -2.26. The lowest BCUT2D eigenvalue weighted by molar-refractivity contribution is -0.150. The molecule has 4 rings (SSSR count). The smallest absolute Gasteiger partial charge is 0.347 e. The van der Waals surface area contributed by atoms with Crippen molar-refractivity contribution in [1.29, 1.82) is 0 Å². The maximum Gasteiger partial charge on any atom is 0.347 e. The number of carbonyl (C=O) groups excluding carboxylic acids is 1. The van der Waals surface area contributed by atoms with Crippen LogP contribution in [-0.2, 0) is 9.53 Å². The molecule has 0 bridgehead atoms. The van der Waals surface area contributed by atoms with Crippen LogP contribution in [0.25, 0.3) is 10.9 Å². The number of esters is 1. The Morgan fingerprint density at radius 1 is 1.15 bits per heavy atom. The number of para-hydroxylation sites is 1. The monoisotopic (exact) mass is 447 g/mol. The first-order valence-corrected chi connectivity index (χ1v) is 11.6. The van der Waals surface area contributed by atoms with Gasteiger partial charge in [0.05, 0.1) is 23.7 Å². The molecular formula is C26H29N3O4. The van der Waals surface area contributed by atoms with Crippen molar-refractivity contribution < 1.29 is 14.3 Å². The van der Waals surface area contributed by atoms with Crippen molar-refractivity contribution in [2.24, 2.45) is 5.10 Å². The first-order valence-electron chi connectivity index (χ1n) is 11.6. The second-order valence-corrected chi connectivity index (χ2v) is 8.26. The van der Waals surface area contributed by atoms with E-state index in [-0.39, 0.29) is 11.5 Å². The molecule has 0 saturated heterocycles. The Balaban J connectivity index is 1.60.